The van der Waals surface area contributed by atoms with Gasteiger partial charge in [-0.1, -0.05) is 68.6 Å². The Balaban J connectivity index is -0.000000361. The molecule has 0 radical (unpaired) electrons. The molecule has 6 heteroatoms. The molecule has 23 heavy (non-hydrogen) atoms. The Morgan fingerprint density at radius 3 is 2.13 bits per heavy atom. The topological polar surface area (TPSA) is 0 Å². The van der Waals surface area contributed by atoms with Crippen LogP contribution in [0.3, 0.4) is 0 Å². The second-order valence-corrected chi connectivity index (χ2v) is 6.42. The highest BCUT2D eigenvalue weighted by Gasteiger charge is 2.14. The van der Waals surface area contributed by atoms with Gasteiger partial charge in [0.1, 0.15) is 0 Å². The molecule has 0 bridgehead atoms. The predicted molar refractivity (Wildman–Crippen MR) is 94.4 cm³/mol. The zero-order chi connectivity index (χ0) is 12.6. The van der Waals surface area contributed by atoms with Crippen LogP contribution in [0.15, 0.2) is 46.2 Å². The number of hydrogen-bond acceptors (Lipinski definition) is 1. The molecule has 1 atom stereocenters. The molecule has 1 aromatic rings. The standard InChI is InChI=1S/C17H24S.5FH/c1-2-3-5-8-15-11-13-17(14-12-15)18-16-9-6-4-7-10-16;;;;;/h4,6-7,9-10,13,15H,2-3,5,8,11-12,14H2,1H3;5*1H. The van der Waals surface area contributed by atoms with Crippen LogP contribution in [0.25, 0.3) is 0 Å². The van der Waals surface area contributed by atoms with Crippen LogP contribution in [0, 0.1) is 5.92 Å². The smallest absolute Gasteiger partial charge is 0.0118 e. The van der Waals surface area contributed by atoms with E-state index in [1.807, 2.05) is 11.8 Å². The van der Waals surface area contributed by atoms with Crippen molar-refractivity contribution in [3.05, 3.63) is 41.3 Å². The van der Waals surface area contributed by atoms with Gasteiger partial charge in [-0.25, -0.2) is 0 Å². The van der Waals surface area contributed by atoms with Crippen molar-refractivity contribution in [1.29, 1.82) is 0 Å². The first-order valence-corrected chi connectivity index (χ1v) is 8.12. The normalized spacial score (nSPS) is 15.3. The number of allylic oxidation sites excluding steroid dienone is 2. The van der Waals surface area contributed by atoms with Gasteiger partial charge in [0.2, 0.25) is 0 Å². The summed E-state index contributed by atoms with van der Waals surface area (Å²) in [5, 5.41) is 0. The summed E-state index contributed by atoms with van der Waals surface area (Å²) in [6.45, 7) is 2.29. The first-order valence-electron chi connectivity index (χ1n) is 7.30. The lowest BCUT2D eigenvalue weighted by Gasteiger charge is -2.21. The van der Waals surface area contributed by atoms with E-state index in [4.69, 9.17) is 0 Å². The SMILES string of the molecule is CCCCCC1CC=C(Sc2ccccc2)CC1.F.F.F.F.F. The van der Waals surface area contributed by atoms with Crippen LogP contribution in [0.4, 0.5) is 23.5 Å². The molecule has 1 aliphatic rings. The third kappa shape index (κ3) is 11.2. The van der Waals surface area contributed by atoms with Crippen molar-refractivity contribution in [2.75, 3.05) is 0 Å². The van der Waals surface area contributed by atoms with Crippen LogP contribution in [0.2, 0.25) is 0 Å². The lowest BCUT2D eigenvalue weighted by Crippen LogP contribution is -2.04. The zero-order valence-corrected chi connectivity index (χ0v) is 14.3. The molecule has 0 saturated carbocycles. The van der Waals surface area contributed by atoms with Crippen LogP contribution in [0.5, 0.6) is 0 Å². The average Bonchev–Trinajstić information content (AvgIpc) is 2.42. The minimum Gasteiger partial charge on any atom is -0.269 e. The Labute approximate surface area is 140 Å². The molecule has 0 fully saturated rings. The Morgan fingerprint density at radius 1 is 0.957 bits per heavy atom. The van der Waals surface area contributed by atoms with Gasteiger partial charge < -0.3 is 0 Å². The van der Waals surface area contributed by atoms with Crippen molar-refractivity contribution in [2.24, 2.45) is 5.92 Å². The van der Waals surface area contributed by atoms with E-state index < -0.39 is 0 Å². The van der Waals surface area contributed by atoms with Crippen LogP contribution >= 0.6 is 11.8 Å². The molecular weight excluding hydrogens is 331 g/mol. The van der Waals surface area contributed by atoms with Crippen LogP contribution < -0.4 is 0 Å². The molecular formula is C17H29F5S. The largest absolute Gasteiger partial charge is 0.269 e. The molecule has 1 aromatic carbocycles. The predicted octanol–water partition coefficient (Wildman–Crippen LogP) is 6.81. The summed E-state index contributed by atoms with van der Waals surface area (Å²) in [5.74, 6) is 0.955. The van der Waals surface area contributed by atoms with Crippen molar-refractivity contribution in [3.8, 4) is 0 Å². The highest BCUT2D eigenvalue weighted by atomic mass is 32.2. The maximum atomic E-state index is 2.48. The van der Waals surface area contributed by atoms with Gasteiger partial charge in [-0.15, -0.1) is 0 Å². The summed E-state index contributed by atoms with van der Waals surface area (Å²) in [6, 6.07) is 10.7. The Hall–Kier alpha value is -1.04. The molecule has 0 aromatic heterocycles. The fourth-order valence-corrected chi connectivity index (χ4v) is 3.54. The number of rotatable bonds is 6. The molecule has 1 aliphatic carbocycles. The molecule has 0 heterocycles. The summed E-state index contributed by atoms with van der Waals surface area (Å²) in [4.78, 5) is 2.96. The van der Waals surface area contributed by atoms with Gasteiger partial charge in [0, 0.05) is 4.90 Å². The van der Waals surface area contributed by atoms with Crippen LogP contribution in [-0.4, -0.2) is 0 Å². The quantitative estimate of drug-likeness (QED) is 0.397. The molecule has 0 nitrogen and oxygen atoms in total. The second-order valence-electron chi connectivity index (χ2n) is 5.22. The lowest BCUT2D eigenvalue weighted by molar-refractivity contribution is 0.422. The van der Waals surface area contributed by atoms with Crippen molar-refractivity contribution in [1.82, 2.24) is 0 Å². The van der Waals surface area contributed by atoms with E-state index in [0.29, 0.717) is 0 Å². The highest BCUT2D eigenvalue weighted by molar-refractivity contribution is 8.03. The number of halogens is 5. The van der Waals surface area contributed by atoms with Crippen LogP contribution in [-0.2, 0) is 0 Å². The summed E-state index contributed by atoms with van der Waals surface area (Å²) >= 11 is 1.96. The monoisotopic (exact) mass is 360 g/mol. The van der Waals surface area contributed by atoms with Crippen LogP contribution in [0.1, 0.15) is 51.9 Å². The van der Waals surface area contributed by atoms with E-state index in [2.05, 4.69) is 43.3 Å². The fraction of sp³-hybridized carbons (Fsp3) is 0.529. The van der Waals surface area contributed by atoms with Gasteiger partial charge in [-0.05, 0) is 42.2 Å². The Morgan fingerprint density at radius 2 is 1.61 bits per heavy atom. The van der Waals surface area contributed by atoms with Crippen molar-refractivity contribution in [3.63, 3.8) is 0 Å². The molecule has 0 aliphatic heterocycles. The Bertz CT molecular complexity index is 384. The number of thioether (sulfide) groups is 1. The van der Waals surface area contributed by atoms with Crippen molar-refractivity contribution < 1.29 is 23.5 Å². The summed E-state index contributed by atoms with van der Waals surface area (Å²) in [7, 11) is 0. The van der Waals surface area contributed by atoms with Gasteiger partial charge in [-0.2, -0.15) is 0 Å². The maximum Gasteiger partial charge on any atom is 0.0118 e. The number of unbranched alkanes of at least 4 members (excludes halogenated alkanes) is 2. The molecule has 1 unspecified atom stereocenters. The molecule has 138 valence electrons. The number of benzene rings is 1. The summed E-state index contributed by atoms with van der Waals surface area (Å²) in [5.41, 5.74) is 0. The first-order chi connectivity index (χ1) is 8.88. The van der Waals surface area contributed by atoms with E-state index >= 15 is 0 Å². The highest BCUT2D eigenvalue weighted by Crippen LogP contribution is 2.36. The van der Waals surface area contributed by atoms with E-state index in [9.17, 15) is 0 Å². The van der Waals surface area contributed by atoms with Crippen molar-refractivity contribution >= 4 is 11.8 Å². The fourth-order valence-electron chi connectivity index (χ4n) is 2.54. The van der Waals surface area contributed by atoms with Gasteiger partial charge in [0.25, 0.3) is 0 Å². The van der Waals surface area contributed by atoms with Gasteiger partial charge in [0.05, 0.1) is 0 Å². The first kappa shape index (κ1) is 29.9. The van der Waals surface area contributed by atoms with Gasteiger partial charge in [0.15, 0.2) is 0 Å². The molecule has 0 amide bonds. The van der Waals surface area contributed by atoms with Gasteiger partial charge in [-0.3, -0.25) is 23.5 Å². The molecule has 2 rings (SSSR count). The van der Waals surface area contributed by atoms with Gasteiger partial charge >= 0.3 is 0 Å². The molecule has 0 spiro atoms. The lowest BCUT2D eigenvalue weighted by atomic mass is 9.89. The van der Waals surface area contributed by atoms with E-state index in [-0.39, 0.29) is 23.5 Å². The summed E-state index contributed by atoms with van der Waals surface area (Å²) < 4.78 is 0. The number of hydrogen-bond donors (Lipinski definition) is 0. The minimum atomic E-state index is 0. The second kappa shape index (κ2) is 17.3. The average molecular weight is 360 g/mol. The third-order valence-corrected chi connectivity index (χ3v) is 4.83. The van der Waals surface area contributed by atoms with E-state index in [0.717, 1.165) is 5.92 Å². The van der Waals surface area contributed by atoms with Crippen molar-refractivity contribution in [2.45, 2.75) is 56.8 Å². The summed E-state index contributed by atoms with van der Waals surface area (Å²) in [6.07, 6.45) is 12.1. The zero-order valence-electron chi connectivity index (χ0n) is 13.4. The maximum absolute atomic E-state index is 2.48. The van der Waals surface area contributed by atoms with E-state index in [1.165, 1.54) is 49.8 Å². The van der Waals surface area contributed by atoms with E-state index in [1.54, 1.807) is 4.91 Å². The molecule has 0 N–H and O–H groups in total. The third-order valence-electron chi connectivity index (χ3n) is 3.69. The minimum absolute atomic E-state index is 0. The Kier molecular flexibility index (Phi) is 22.5. The molecule has 0 saturated heterocycles.